The molecule has 0 bridgehead atoms. The maximum Gasteiger partial charge on any atom is 0.327 e. The minimum atomic E-state index is -0.387. The zero-order valence-electron chi connectivity index (χ0n) is 11.5. The molecule has 7 nitrogen and oxygen atoms in total. The van der Waals surface area contributed by atoms with Crippen LogP contribution in [-0.2, 0) is 20.9 Å². The highest BCUT2D eigenvalue weighted by Crippen LogP contribution is 2.14. The van der Waals surface area contributed by atoms with E-state index in [1.807, 2.05) is 0 Å². The Kier molecular flexibility index (Phi) is 5.35. The molecule has 3 N–H and O–H groups in total. The van der Waals surface area contributed by atoms with Crippen molar-refractivity contribution in [1.29, 1.82) is 0 Å². The van der Waals surface area contributed by atoms with Crippen molar-refractivity contribution in [3.05, 3.63) is 11.4 Å². The SMILES string of the molecule is CNC(=O)CCCOC(=O)Cn1nc(C)c(N)c1C. The van der Waals surface area contributed by atoms with Gasteiger partial charge < -0.3 is 15.8 Å². The van der Waals surface area contributed by atoms with Crippen molar-refractivity contribution in [1.82, 2.24) is 15.1 Å². The minimum Gasteiger partial charge on any atom is -0.464 e. The molecule has 0 radical (unpaired) electrons. The number of nitrogens with two attached hydrogens (primary N) is 1. The Hall–Kier alpha value is -2.05. The van der Waals surface area contributed by atoms with Crippen molar-refractivity contribution in [2.45, 2.75) is 33.2 Å². The number of nitrogens with zero attached hydrogens (tertiary/aromatic N) is 2. The average molecular weight is 268 g/mol. The van der Waals surface area contributed by atoms with Crippen LogP contribution in [0.15, 0.2) is 0 Å². The number of hydrogen-bond donors (Lipinski definition) is 2. The van der Waals surface area contributed by atoms with Crippen molar-refractivity contribution in [3.8, 4) is 0 Å². The number of nitrogen functional groups attached to an aromatic ring is 1. The molecule has 1 aromatic rings. The van der Waals surface area contributed by atoms with E-state index in [0.717, 1.165) is 5.69 Å². The molecule has 0 aromatic carbocycles. The summed E-state index contributed by atoms with van der Waals surface area (Å²) in [6.45, 7) is 3.84. The third kappa shape index (κ3) is 4.27. The third-order valence-corrected chi connectivity index (χ3v) is 2.81. The van der Waals surface area contributed by atoms with E-state index in [4.69, 9.17) is 10.5 Å². The smallest absolute Gasteiger partial charge is 0.327 e. The fourth-order valence-corrected chi connectivity index (χ4v) is 1.58. The first kappa shape index (κ1) is 15.0. The van der Waals surface area contributed by atoms with Gasteiger partial charge >= 0.3 is 5.97 Å². The van der Waals surface area contributed by atoms with Gasteiger partial charge in [0.2, 0.25) is 5.91 Å². The fraction of sp³-hybridized carbons (Fsp3) is 0.583. The quantitative estimate of drug-likeness (QED) is 0.565. The Bertz CT molecular complexity index is 468. The summed E-state index contributed by atoms with van der Waals surface area (Å²) >= 11 is 0. The van der Waals surface area contributed by atoms with Gasteiger partial charge in [0.25, 0.3) is 0 Å². The van der Waals surface area contributed by atoms with Crippen LogP contribution in [0, 0.1) is 13.8 Å². The van der Waals surface area contributed by atoms with Gasteiger partial charge in [-0.15, -0.1) is 0 Å². The summed E-state index contributed by atoms with van der Waals surface area (Å²) in [5.41, 5.74) is 7.81. The van der Waals surface area contributed by atoms with Gasteiger partial charge in [-0.3, -0.25) is 14.3 Å². The van der Waals surface area contributed by atoms with Crippen LogP contribution in [0.4, 0.5) is 5.69 Å². The highest BCUT2D eigenvalue weighted by atomic mass is 16.5. The Morgan fingerprint density at radius 3 is 2.63 bits per heavy atom. The van der Waals surface area contributed by atoms with Crippen LogP contribution >= 0.6 is 0 Å². The van der Waals surface area contributed by atoms with Gasteiger partial charge in [-0.05, 0) is 20.3 Å². The van der Waals surface area contributed by atoms with Crippen molar-refractivity contribution in [2.75, 3.05) is 19.4 Å². The van der Waals surface area contributed by atoms with E-state index < -0.39 is 0 Å². The third-order valence-electron chi connectivity index (χ3n) is 2.81. The van der Waals surface area contributed by atoms with Crippen LogP contribution in [0.1, 0.15) is 24.2 Å². The molecule has 1 aromatic heterocycles. The Labute approximate surface area is 112 Å². The summed E-state index contributed by atoms with van der Waals surface area (Å²) in [6.07, 6.45) is 0.849. The van der Waals surface area contributed by atoms with E-state index in [2.05, 4.69) is 10.4 Å². The Balaban J connectivity index is 2.35. The first-order valence-electron chi connectivity index (χ1n) is 6.11. The number of amides is 1. The van der Waals surface area contributed by atoms with Crippen LogP contribution < -0.4 is 11.1 Å². The molecule has 106 valence electrons. The van der Waals surface area contributed by atoms with E-state index in [-0.39, 0.29) is 25.0 Å². The number of aryl methyl sites for hydroxylation is 1. The summed E-state index contributed by atoms with van der Waals surface area (Å²) in [7, 11) is 1.57. The number of nitrogens with one attached hydrogen (secondary N) is 1. The number of anilines is 1. The van der Waals surface area contributed by atoms with Crippen LogP contribution in [0.3, 0.4) is 0 Å². The number of hydrogen-bond acceptors (Lipinski definition) is 5. The first-order valence-corrected chi connectivity index (χ1v) is 6.11. The van der Waals surface area contributed by atoms with Gasteiger partial charge in [-0.2, -0.15) is 5.10 Å². The Morgan fingerprint density at radius 2 is 2.11 bits per heavy atom. The topological polar surface area (TPSA) is 99.2 Å². The number of esters is 1. The molecular formula is C12H20N4O3. The van der Waals surface area contributed by atoms with Crippen molar-refractivity contribution in [2.24, 2.45) is 0 Å². The van der Waals surface area contributed by atoms with Crippen molar-refractivity contribution >= 4 is 17.6 Å². The number of carbonyl (C=O) groups is 2. The van der Waals surface area contributed by atoms with E-state index in [9.17, 15) is 9.59 Å². The van der Waals surface area contributed by atoms with Gasteiger partial charge in [0.1, 0.15) is 6.54 Å². The lowest BCUT2D eigenvalue weighted by Crippen LogP contribution is -2.19. The van der Waals surface area contributed by atoms with E-state index >= 15 is 0 Å². The summed E-state index contributed by atoms with van der Waals surface area (Å²) in [5, 5.41) is 6.65. The largest absolute Gasteiger partial charge is 0.464 e. The van der Waals surface area contributed by atoms with E-state index in [0.29, 0.717) is 24.2 Å². The van der Waals surface area contributed by atoms with E-state index in [1.54, 1.807) is 20.9 Å². The number of carbonyl (C=O) groups excluding carboxylic acids is 2. The molecule has 0 aliphatic carbocycles. The molecule has 0 spiro atoms. The Morgan fingerprint density at radius 1 is 1.42 bits per heavy atom. The lowest BCUT2D eigenvalue weighted by atomic mass is 10.3. The molecule has 19 heavy (non-hydrogen) atoms. The zero-order valence-corrected chi connectivity index (χ0v) is 11.5. The van der Waals surface area contributed by atoms with Gasteiger partial charge in [-0.25, -0.2) is 0 Å². The molecule has 1 rings (SSSR count). The van der Waals surface area contributed by atoms with Crippen molar-refractivity contribution in [3.63, 3.8) is 0 Å². The maximum absolute atomic E-state index is 11.6. The summed E-state index contributed by atoms with van der Waals surface area (Å²) in [6, 6.07) is 0. The van der Waals surface area contributed by atoms with Crippen LogP contribution in [0.2, 0.25) is 0 Å². The van der Waals surface area contributed by atoms with Crippen LogP contribution in [-0.4, -0.2) is 35.3 Å². The van der Waals surface area contributed by atoms with Gasteiger partial charge in [0.05, 0.1) is 23.7 Å². The van der Waals surface area contributed by atoms with Crippen LogP contribution in [0.5, 0.6) is 0 Å². The van der Waals surface area contributed by atoms with Crippen LogP contribution in [0.25, 0.3) is 0 Å². The lowest BCUT2D eigenvalue weighted by Gasteiger charge is -2.06. The lowest BCUT2D eigenvalue weighted by molar-refractivity contribution is -0.145. The zero-order chi connectivity index (χ0) is 14.4. The second-order valence-electron chi connectivity index (χ2n) is 4.24. The molecule has 1 heterocycles. The predicted molar refractivity (Wildman–Crippen MR) is 70.4 cm³/mol. The number of aromatic nitrogens is 2. The standard InChI is InChI=1S/C12H20N4O3/c1-8-12(13)9(2)16(15-8)7-11(18)19-6-4-5-10(17)14-3/h4-7,13H2,1-3H3,(H,14,17). The molecule has 0 aliphatic rings. The molecular weight excluding hydrogens is 248 g/mol. The van der Waals surface area contributed by atoms with E-state index in [1.165, 1.54) is 4.68 Å². The maximum atomic E-state index is 11.6. The fourth-order valence-electron chi connectivity index (χ4n) is 1.58. The first-order chi connectivity index (χ1) is 8.95. The molecule has 1 amide bonds. The van der Waals surface area contributed by atoms with Gasteiger partial charge in [-0.1, -0.05) is 0 Å². The second-order valence-corrected chi connectivity index (χ2v) is 4.24. The molecule has 0 fully saturated rings. The molecule has 7 heteroatoms. The molecule has 0 saturated heterocycles. The summed E-state index contributed by atoms with van der Waals surface area (Å²) in [4.78, 5) is 22.5. The summed E-state index contributed by atoms with van der Waals surface area (Å²) < 4.78 is 6.54. The molecule has 0 aliphatic heterocycles. The molecule has 0 atom stereocenters. The monoisotopic (exact) mass is 268 g/mol. The van der Waals surface area contributed by atoms with Gasteiger partial charge in [0.15, 0.2) is 0 Å². The highest BCUT2D eigenvalue weighted by Gasteiger charge is 2.12. The number of ether oxygens (including phenoxy) is 1. The molecule has 0 saturated carbocycles. The minimum absolute atomic E-state index is 0.0316. The van der Waals surface area contributed by atoms with Gasteiger partial charge in [0, 0.05) is 13.5 Å². The predicted octanol–water partition coefficient (Wildman–Crippen LogP) is 0.152. The normalized spacial score (nSPS) is 10.3. The second kappa shape index (κ2) is 6.77. The molecule has 0 unspecified atom stereocenters. The highest BCUT2D eigenvalue weighted by molar-refractivity contribution is 5.75. The average Bonchev–Trinajstić information content (AvgIpc) is 2.62. The summed E-state index contributed by atoms with van der Waals surface area (Å²) in [5.74, 6) is -0.454. The number of rotatable bonds is 6. The van der Waals surface area contributed by atoms with Crippen molar-refractivity contribution < 1.29 is 14.3 Å².